The molecular formula is C10H24N2. The summed E-state index contributed by atoms with van der Waals surface area (Å²) in [6.07, 6.45) is 3.23. The first kappa shape index (κ1) is 11.9. The van der Waals surface area contributed by atoms with E-state index in [2.05, 4.69) is 27.7 Å². The molecule has 0 rings (SSSR count). The van der Waals surface area contributed by atoms with Gasteiger partial charge in [-0.2, -0.15) is 0 Å². The van der Waals surface area contributed by atoms with E-state index < -0.39 is 0 Å². The molecule has 0 aromatic rings. The number of hydrogen-bond acceptors (Lipinski definition) is 2. The third-order valence-corrected chi connectivity index (χ3v) is 2.26. The molecule has 0 aliphatic heterocycles. The predicted octanol–water partition coefficient (Wildman–Crippen LogP) is 1.88. The third-order valence-electron chi connectivity index (χ3n) is 2.26. The Bertz CT molecular complexity index is 128. The van der Waals surface area contributed by atoms with Crippen molar-refractivity contribution in [3.05, 3.63) is 0 Å². The third kappa shape index (κ3) is 4.73. The van der Waals surface area contributed by atoms with E-state index in [4.69, 9.17) is 11.5 Å². The van der Waals surface area contributed by atoms with Gasteiger partial charge in [0.05, 0.1) is 0 Å². The van der Waals surface area contributed by atoms with E-state index in [0.717, 1.165) is 19.3 Å². The van der Waals surface area contributed by atoms with Crippen LogP contribution in [0.15, 0.2) is 0 Å². The van der Waals surface area contributed by atoms with Crippen molar-refractivity contribution in [2.75, 3.05) is 6.54 Å². The van der Waals surface area contributed by atoms with Crippen molar-refractivity contribution in [3.8, 4) is 0 Å². The normalized spacial score (nSPS) is 17.5. The highest BCUT2D eigenvalue weighted by atomic mass is 14.7. The molecule has 2 heteroatoms. The maximum atomic E-state index is 6.13. The van der Waals surface area contributed by atoms with Gasteiger partial charge < -0.3 is 11.5 Å². The molecule has 0 aliphatic rings. The molecule has 0 aromatic heterocycles. The molecule has 1 atom stereocenters. The number of rotatable bonds is 5. The van der Waals surface area contributed by atoms with E-state index in [-0.39, 0.29) is 11.0 Å². The summed E-state index contributed by atoms with van der Waals surface area (Å²) in [5.74, 6) is 0. The van der Waals surface area contributed by atoms with Gasteiger partial charge in [0.2, 0.25) is 0 Å². The second kappa shape index (κ2) is 4.24. The molecule has 12 heavy (non-hydrogen) atoms. The largest absolute Gasteiger partial charge is 0.330 e. The van der Waals surface area contributed by atoms with Gasteiger partial charge >= 0.3 is 0 Å². The van der Waals surface area contributed by atoms with Crippen LogP contribution in [0.25, 0.3) is 0 Å². The van der Waals surface area contributed by atoms with Crippen LogP contribution in [0.2, 0.25) is 0 Å². The van der Waals surface area contributed by atoms with Crippen LogP contribution in [0.5, 0.6) is 0 Å². The van der Waals surface area contributed by atoms with Crippen LogP contribution in [0.3, 0.4) is 0 Å². The molecule has 0 aliphatic carbocycles. The van der Waals surface area contributed by atoms with Gasteiger partial charge in [0, 0.05) is 5.54 Å². The van der Waals surface area contributed by atoms with Gasteiger partial charge in [0.1, 0.15) is 0 Å². The Morgan fingerprint density at radius 1 is 1.17 bits per heavy atom. The lowest BCUT2D eigenvalue weighted by molar-refractivity contribution is 0.242. The fourth-order valence-electron chi connectivity index (χ4n) is 1.82. The maximum Gasteiger partial charge on any atom is 0.0131 e. The summed E-state index contributed by atoms with van der Waals surface area (Å²) in [5, 5.41) is 0. The van der Waals surface area contributed by atoms with Gasteiger partial charge in [-0.25, -0.2) is 0 Å². The van der Waals surface area contributed by atoms with Crippen LogP contribution in [0.1, 0.15) is 47.0 Å². The lowest BCUT2D eigenvalue weighted by Crippen LogP contribution is -2.42. The zero-order valence-electron chi connectivity index (χ0n) is 8.98. The highest BCUT2D eigenvalue weighted by Crippen LogP contribution is 2.27. The van der Waals surface area contributed by atoms with Crippen molar-refractivity contribution >= 4 is 0 Å². The Labute approximate surface area is 76.7 Å². The highest BCUT2D eigenvalue weighted by molar-refractivity contribution is 4.85. The first-order valence-electron chi connectivity index (χ1n) is 4.82. The van der Waals surface area contributed by atoms with Gasteiger partial charge in [0.25, 0.3) is 0 Å². The number of nitrogens with two attached hydrogens (primary N) is 2. The van der Waals surface area contributed by atoms with E-state index in [1.807, 2.05) is 0 Å². The van der Waals surface area contributed by atoms with Gasteiger partial charge in [-0.3, -0.25) is 0 Å². The van der Waals surface area contributed by atoms with E-state index in [1.54, 1.807) is 0 Å². The summed E-state index contributed by atoms with van der Waals surface area (Å²) < 4.78 is 0. The first-order valence-corrected chi connectivity index (χ1v) is 4.82. The molecule has 0 spiro atoms. The molecule has 4 N–H and O–H groups in total. The Kier molecular flexibility index (Phi) is 4.21. The van der Waals surface area contributed by atoms with E-state index in [9.17, 15) is 0 Å². The first-order chi connectivity index (χ1) is 5.33. The maximum absolute atomic E-state index is 6.13. The average Bonchev–Trinajstić information content (AvgIpc) is 1.85. The monoisotopic (exact) mass is 172 g/mol. The molecule has 0 amide bonds. The summed E-state index contributed by atoms with van der Waals surface area (Å²) >= 11 is 0. The van der Waals surface area contributed by atoms with Crippen molar-refractivity contribution in [1.82, 2.24) is 0 Å². The second-order valence-corrected chi connectivity index (χ2v) is 4.95. The Morgan fingerprint density at radius 3 is 2.00 bits per heavy atom. The molecule has 0 saturated heterocycles. The smallest absolute Gasteiger partial charge is 0.0131 e. The van der Waals surface area contributed by atoms with Crippen LogP contribution in [-0.4, -0.2) is 12.1 Å². The van der Waals surface area contributed by atoms with Gasteiger partial charge in [0.15, 0.2) is 0 Å². The fraction of sp³-hybridized carbons (Fsp3) is 1.00. The molecule has 74 valence electrons. The molecule has 0 bridgehead atoms. The highest BCUT2D eigenvalue weighted by Gasteiger charge is 2.27. The molecule has 1 unspecified atom stereocenters. The van der Waals surface area contributed by atoms with Crippen molar-refractivity contribution in [1.29, 1.82) is 0 Å². The topological polar surface area (TPSA) is 52.0 Å². The number of hydrogen-bond donors (Lipinski definition) is 2. The quantitative estimate of drug-likeness (QED) is 0.665. The molecular weight excluding hydrogens is 148 g/mol. The SMILES string of the molecule is CCCC(C)(N)CC(C)(C)CN. The minimum atomic E-state index is -0.0440. The zero-order chi connectivity index (χ0) is 9.83. The van der Waals surface area contributed by atoms with Gasteiger partial charge in [-0.1, -0.05) is 27.2 Å². The summed E-state index contributed by atoms with van der Waals surface area (Å²) in [6, 6.07) is 0. The summed E-state index contributed by atoms with van der Waals surface area (Å²) in [4.78, 5) is 0. The van der Waals surface area contributed by atoms with Crippen molar-refractivity contribution in [2.24, 2.45) is 16.9 Å². The van der Waals surface area contributed by atoms with Crippen molar-refractivity contribution in [2.45, 2.75) is 52.5 Å². The van der Waals surface area contributed by atoms with Crippen LogP contribution in [0.4, 0.5) is 0 Å². The van der Waals surface area contributed by atoms with Crippen molar-refractivity contribution in [3.63, 3.8) is 0 Å². The van der Waals surface area contributed by atoms with Crippen LogP contribution in [0, 0.1) is 5.41 Å². The minimum Gasteiger partial charge on any atom is -0.330 e. The summed E-state index contributed by atoms with van der Waals surface area (Å²) in [6.45, 7) is 9.35. The predicted molar refractivity (Wildman–Crippen MR) is 55.0 cm³/mol. The lowest BCUT2D eigenvalue weighted by Gasteiger charge is -2.33. The van der Waals surface area contributed by atoms with Gasteiger partial charge in [-0.05, 0) is 31.7 Å². The minimum absolute atomic E-state index is 0.0440. The Morgan fingerprint density at radius 2 is 1.67 bits per heavy atom. The van der Waals surface area contributed by atoms with E-state index >= 15 is 0 Å². The Hall–Kier alpha value is -0.0800. The standard InChI is InChI=1S/C10H24N2/c1-5-6-10(4,12)7-9(2,3)8-11/h5-8,11-12H2,1-4H3. The van der Waals surface area contributed by atoms with Crippen molar-refractivity contribution < 1.29 is 0 Å². The van der Waals surface area contributed by atoms with E-state index in [0.29, 0.717) is 6.54 Å². The lowest BCUT2D eigenvalue weighted by atomic mass is 9.78. The summed E-state index contributed by atoms with van der Waals surface area (Å²) in [7, 11) is 0. The van der Waals surface area contributed by atoms with Crippen LogP contribution >= 0.6 is 0 Å². The molecule has 0 saturated carbocycles. The Balaban J connectivity index is 4.04. The van der Waals surface area contributed by atoms with Gasteiger partial charge in [-0.15, -0.1) is 0 Å². The fourth-order valence-corrected chi connectivity index (χ4v) is 1.82. The van der Waals surface area contributed by atoms with E-state index in [1.165, 1.54) is 0 Å². The second-order valence-electron chi connectivity index (χ2n) is 4.95. The molecule has 0 aromatic carbocycles. The average molecular weight is 172 g/mol. The van der Waals surface area contributed by atoms with Crippen LogP contribution < -0.4 is 11.5 Å². The summed E-state index contributed by atoms with van der Waals surface area (Å²) in [5.41, 5.74) is 11.9. The molecule has 0 radical (unpaired) electrons. The molecule has 0 fully saturated rings. The van der Waals surface area contributed by atoms with Crippen LogP contribution in [-0.2, 0) is 0 Å². The zero-order valence-corrected chi connectivity index (χ0v) is 8.98. The molecule has 0 heterocycles. The molecule has 2 nitrogen and oxygen atoms in total.